The molecule has 1 aliphatic carbocycles. The van der Waals surface area contributed by atoms with E-state index in [0.717, 1.165) is 6.42 Å². The average Bonchev–Trinajstić information content (AvgIpc) is 3.61. The molecule has 3 atom stereocenters. The van der Waals surface area contributed by atoms with Crippen molar-refractivity contribution in [3.63, 3.8) is 0 Å². The molecule has 5 nitrogen and oxygen atoms in total. The second kappa shape index (κ2) is 9.54. The Labute approximate surface area is 206 Å². The Morgan fingerprint density at radius 2 is 1.89 bits per heavy atom. The molecule has 0 amide bonds. The summed E-state index contributed by atoms with van der Waals surface area (Å²) in [6, 6.07) is 17.0. The van der Waals surface area contributed by atoms with Gasteiger partial charge in [0, 0.05) is 17.2 Å². The molecule has 0 N–H and O–H groups in total. The van der Waals surface area contributed by atoms with Crippen molar-refractivity contribution in [2.75, 3.05) is 6.61 Å². The van der Waals surface area contributed by atoms with Gasteiger partial charge in [0.1, 0.15) is 29.6 Å². The standard InChI is InChI=1S/C30H31NO4/c1-18(2)12-26(30(3,4)5)20-8-6-19(7-9-20)24-15-25(24)27(32)17-34-23-10-11-28-21(14-23)13-22(16-31)29(33)35-28/h6-14,24-26H,15,17H2,1-5H3/t24-,25?,26?/m1/s1. The van der Waals surface area contributed by atoms with Gasteiger partial charge in [0.25, 0.3) is 0 Å². The summed E-state index contributed by atoms with van der Waals surface area (Å²) in [6.45, 7) is 11.0. The largest absolute Gasteiger partial charge is 0.486 e. The van der Waals surface area contributed by atoms with E-state index in [1.165, 1.54) is 22.8 Å². The van der Waals surface area contributed by atoms with Crippen molar-refractivity contribution >= 4 is 16.8 Å². The van der Waals surface area contributed by atoms with E-state index in [1.54, 1.807) is 18.2 Å². The van der Waals surface area contributed by atoms with Crippen LogP contribution in [-0.4, -0.2) is 12.4 Å². The molecule has 1 saturated carbocycles. The highest BCUT2D eigenvalue weighted by Gasteiger charge is 2.43. The van der Waals surface area contributed by atoms with Crippen LogP contribution in [0.5, 0.6) is 5.75 Å². The van der Waals surface area contributed by atoms with E-state index in [0.29, 0.717) is 22.6 Å². The Morgan fingerprint density at radius 3 is 2.51 bits per heavy atom. The molecule has 1 aliphatic rings. The van der Waals surface area contributed by atoms with Crippen LogP contribution in [0, 0.1) is 22.7 Å². The first kappa shape index (κ1) is 24.5. The number of nitrogens with zero attached hydrogens (tertiary/aromatic N) is 1. The Bertz CT molecular complexity index is 1380. The number of nitriles is 1. The molecule has 1 fully saturated rings. The zero-order valence-electron chi connectivity index (χ0n) is 20.9. The lowest BCUT2D eigenvalue weighted by Crippen LogP contribution is -2.17. The number of carbonyl (C=O) groups is 1. The summed E-state index contributed by atoms with van der Waals surface area (Å²) in [5.41, 5.74) is 3.57. The molecule has 0 spiro atoms. The molecule has 180 valence electrons. The predicted octanol–water partition coefficient (Wildman–Crippen LogP) is 6.51. The fraction of sp³-hybridized carbons (Fsp3) is 0.367. The van der Waals surface area contributed by atoms with Gasteiger partial charge < -0.3 is 9.15 Å². The van der Waals surface area contributed by atoms with Crippen LogP contribution in [0.1, 0.15) is 69.6 Å². The minimum Gasteiger partial charge on any atom is -0.486 e. The third-order valence-corrected chi connectivity index (χ3v) is 6.57. The summed E-state index contributed by atoms with van der Waals surface area (Å²) < 4.78 is 10.9. The van der Waals surface area contributed by atoms with Crippen LogP contribution in [0.4, 0.5) is 0 Å². The van der Waals surface area contributed by atoms with Crippen LogP contribution in [0.2, 0.25) is 0 Å². The number of allylic oxidation sites excluding steroid dienone is 2. The first-order valence-electron chi connectivity index (χ1n) is 11.9. The molecule has 5 heteroatoms. The molecule has 0 saturated heterocycles. The quantitative estimate of drug-likeness (QED) is 0.291. The molecule has 3 aromatic rings. The van der Waals surface area contributed by atoms with Crippen LogP contribution < -0.4 is 10.4 Å². The molecule has 1 heterocycles. The molecule has 35 heavy (non-hydrogen) atoms. The molecular formula is C30H31NO4. The van der Waals surface area contributed by atoms with Crippen molar-refractivity contribution in [3.05, 3.63) is 87.3 Å². The molecule has 0 bridgehead atoms. The van der Waals surface area contributed by atoms with Crippen molar-refractivity contribution in [3.8, 4) is 11.8 Å². The van der Waals surface area contributed by atoms with Crippen molar-refractivity contribution in [2.24, 2.45) is 11.3 Å². The number of rotatable bonds is 7. The summed E-state index contributed by atoms with van der Waals surface area (Å²) >= 11 is 0. The van der Waals surface area contributed by atoms with E-state index in [4.69, 9.17) is 14.4 Å². The molecule has 2 unspecified atom stereocenters. The lowest BCUT2D eigenvalue weighted by Gasteiger charge is -2.29. The third-order valence-electron chi connectivity index (χ3n) is 6.57. The zero-order valence-corrected chi connectivity index (χ0v) is 20.9. The second-order valence-corrected chi connectivity index (χ2v) is 10.7. The summed E-state index contributed by atoms with van der Waals surface area (Å²) in [4.78, 5) is 24.4. The minimum absolute atomic E-state index is 0.0146. The number of hydrogen-bond donors (Lipinski definition) is 0. The van der Waals surface area contributed by atoms with Crippen LogP contribution in [-0.2, 0) is 4.79 Å². The fourth-order valence-electron chi connectivity index (χ4n) is 4.58. The summed E-state index contributed by atoms with van der Waals surface area (Å²) in [7, 11) is 0. The zero-order chi connectivity index (χ0) is 25.3. The highest BCUT2D eigenvalue weighted by Crippen LogP contribution is 2.48. The molecular weight excluding hydrogens is 438 g/mol. The number of Topliss-reactive ketones (excluding diaryl/α,β-unsaturated/α-hetero) is 1. The van der Waals surface area contributed by atoms with Gasteiger partial charge in [-0.25, -0.2) is 4.79 Å². The van der Waals surface area contributed by atoms with Crippen molar-refractivity contribution in [1.82, 2.24) is 0 Å². The van der Waals surface area contributed by atoms with Crippen LogP contribution >= 0.6 is 0 Å². The highest BCUT2D eigenvalue weighted by molar-refractivity contribution is 5.86. The molecule has 1 aromatic heterocycles. The van der Waals surface area contributed by atoms with Crippen molar-refractivity contribution in [2.45, 2.75) is 52.9 Å². The molecule has 0 radical (unpaired) electrons. The Hall–Kier alpha value is -3.65. The summed E-state index contributed by atoms with van der Waals surface area (Å²) in [5, 5.41) is 9.61. The SMILES string of the molecule is CC(C)=CC(c1ccc([C@H]2CC2C(=O)COc2ccc3oc(=O)c(C#N)cc3c2)cc1)C(C)(C)C. The van der Waals surface area contributed by atoms with Gasteiger partial charge in [-0.05, 0) is 67.0 Å². The van der Waals surface area contributed by atoms with Crippen LogP contribution in [0.15, 0.2) is 69.4 Å². The Kier molecular flexibility index (Phi) is 6.67. The van der Waals surface area contributed by atoms with Gasteiger partial charge in [-0.15, -0.1) is 0 Å². The van der Waals surface area contributed by atoms with E-state index < -0.39 is 5.63 Å². The van der Waals surface area contributed by atoms with Gasteiger partial charge >= 0.3 is 5.63 Å². The number of ether oxygens (including phenoxy) is 1. The summed E-state index contributed by atoms with van der Waals surface area (Å²) in [6.07, 6.45) is 3.17. The van der Waals surface area contributed by atoms with Crippen LogP contribution in [0.3, 0.4) is 0 Å². The Balaban J connectivity index is 1.39. The normalized spacial score (nSPS) is 17.9. The van der Waals surface area contributed by atoms with Crippen molar-refractivity contribution < 1.29 is 13.9 Å². The van der Waals surface area contributed by atoms with E-state index in [2.05, 4.69) is 65.0 Å². The second-order valence-electron chi connectivity index (χ2n) is 10.7. The molecule has 4 rings (SSSR count). The topological polar surface area (TPSA) is 80.3 Å². The van der Waals surface area contributed by atoms with E-state index in [-0.39, 0.29) is 35.2 Å². The summed E-state index contributed by atoms with van der Waals surface area (Å²) in [5.74, 6) is 1.12. The predicted molar refractivity (Wildman–Crippen MR) is 137 cm³/mol. The highest BCUT2D eigenvalue weighted by atomic mass is 16.5. The maximum absolute atomic E-state index is 12.8. The third kappa shape index (κ3) is 5.54. The maximum Gasteiger partial charge on any atom is 0.354 e. The monoisotopic (exact) mass is 469 g/mol. The van der Waals surface area contributed by atoms with Gasteiger partial charge in [-0.1, -0.05) is 56.7 Å². The van der Waals surface area contributed by atoms with E-state index >= 15 is 0 Å². The van der Waals surface area contributed by atoms with Gasteiger partial charge in [0.2, 0.25) is 0 Å². The number of fused-ring (bicyclic) bond motifs is 1. The van der Waals surface area contributed by atoms with Gasteiger partial charge in [0.15, 0.2) is 5.78 Å². The number of carbonyl (C=O) groups excluding carboxylic acids is 1. The lowest BCUT2D eigenvalue weighted by atomic mass is 9.75. The number of ketones is 1. The number of hydrogen-bond acceptors (Lipinski definition) is 5. The lowest BCUT2D eigenvalue weighted by molar-refractivity contribution is -0.122. The first-order chi connectivity index (χ1) is 16.6. The minimum atomic E-state index is -0.664. The van der Waals surface area contributed by atoms with Crippen LogP contribution in [0.25, 0.3) is 11.0 Å². The van der Waals surface area contributed by atoms with E-state index in [9.17, 15) is 9.59 Å². The fourth-order valence-corrected chi connectivity index (χ4v) is 4.58. The van der Waals surface area contributed by atoms with E-state index in [1.807, 2.05) is 6.07 Å². The average molecular weight is 470 g/mol. The number of benzene rings is 2. The van der Waals surface area contributed by atoms with Gasteiger partial charge in [-0.3, -0.25) is 4.79 Å². The Morgan fingerprint density at radius 1 is 1.17 bits per heavy atom. The maximum atomic E-state index is 12.8. The molecule has 0 aliphatic heterocycles. The smallest absolute Gasteiger partial charge is 0.354 e. The van der Waals surface area contributed by atoms with Gasteiger partial charge in [0.05, 0.1) is 0 Å². The first-order valence-corrected chi connectivity index (χ1v) is 11.9. The molecule has 2 aromatic carbocycles. The van der Waals surface area contributed by atoms with Crippen molar-refractivity contribution in [1.29, 1.82) is 5.26 Å². The van der Waals surface area contributed by atoms with Gasteiger partial charge in [-0.2, -0.15) is 5.26 Å².